The standard InChI is InChI=1S/C11H18N6OS/c1-9-10(17-8-16-9)6-19(18)5-3-4-14-11(13-2)15-7-12/h8H,3-6H2,1-2H3,(H,16,17)(H2,13,14,15). The number of nitriles is 1. The van der Waals surface area contributed by atoms with Gasteiger partial charge in [-0.1, -0.05) is 0 Å². The van der Waals surface area contributed by atoms with E-state index in [1.807, 2.05) is 6.92 Å². The van der Waals surface area contributed by atoms with Crippen LogP contribution < -0.4 is 10.6 Å². The zero-order chi connectivity index (χ0) is 14.1. The average molecular weight is 282 g/mol. The van der Waals surface area contributed by atoms with Crippen molar-refractivity contribution in [3.63, 3.8) is 0 Å². The molecule has 8 heteroatoms. The summed E-state index contributed by atoms with van der Waals surface area (Å²) >= 11 is 0. The van der Waals surface area contributed by atoms with Crippen LogP contribution in [0.15, 0.2) is 11.3 Å². The Balaban J connectivity index is 2.21. The Kier molecular flexibility index (Phi) is 6.60. The highest BCUT2D eigenvalue weighted by Crippen LogP contribution is 2.04. The summed E-state index contributed by atoms with van der Waals surface area (Å²) in [4.78, 5) is 10.9. The number of aliphatic imine (C=N–C) groups is 1. The second-order valence-electron chi connectivity index (χ2n) is 3.85. The molecule has 0 amide bonds. The minimum atomic E-state index is -0.928. The molecule has 1 rings (SSSR count). The zero-order valence-corrected chi connectivity index (χ0v) is 11.9. The van der Waals surface area contributed by atoms with Gasteiger partial charge in [-0.2, -0.15) is 5.26 Å². The molecule has 0 aliphatic carbocycles. The maximum atomic E-state index is 11.8. The molecule has 0 radical (unpaired) electrons. The van der Waals surface area contributed by atoms with Crippen molar-refractivity contribution in [1.29, 1.82) is 5.26 Å². The minimum Gasteiger partial charge on any atom is -0.356 e. The Morgan fingerprint density at radius 2 is 2.47 bits per heavy atom. The van der Waals surface area contributed by atoms with Crippen LogP contribution in [0.3, 0.4) is 0 Å². The number of guanidine groups is 1. The van der Waals surface area contributed by atoms with E-state index in [4.69, 9.17) is 5.26 Å². The largest absolute Gasteiger partial charge is 0.356 e. The molecule has 1 heterocycles. The number of nitrogens with one attached hydrogen (secondary N) is 3. The summed E-state index contributed by atoms with van der Waals surface area (Å²) < 4.78 is 11.8. The second kappa shape index (κ2) is 8.26. The molecule has 0 spiro atoms. The Morgan fingerprint density at radius 1 is 1.68 bits per heavy atom. The van der Waals surface area contributed by atoms with E-state index in [9.17, 15) is 4.21 Å². The number of imidazole rings is 1. The molecule has 1 aromatic heterocycles. The highest BCUT2D eigenvalue weighted by Gasteiger charge is 2.06. The molecule has 0 aromatic carbocycles. The van der Waals surface area contributed by atoms with Crippen LogP contribution in [0.25, 0.3) is 0 Å². The summed E-state index contributed by atoms with van der Waals surface area (Å²) in [6, 6.07) is 0. The van der Waals surface area contributed by atoms with Crippen molar-refractivity contribution >= 4 is 16.8 Å². The third kappa shape index (κ3) is 5.52. The van der Waals surface area contributed by atoms with Crippen LogP contribution in [0.2, 0.25) is 0 Å². The number of nitrogens with zero attached hydrogens (tertiary/aromatic N) is 3. The van der Waals surface area contributed by atoms with Gasteiger partial charge < -0.3 is 10.3 Å². The fraction of sp³-hybridized carbons (Fsp3) is 0.545. The van der Waals surface area contributed by atoms with E-state index >= 15 is 0 Å². The molecule has 0 saturated heterocycles. The monoisotopic (exact) mass is 282 g/mol. The van der Waals surface area contributed by atoms with Gasteiger partial charge in [-0.15, -0.1) is 0 Å². The van der Waals surface area contributed by atoms with Crippen molar-refractivity contribution in [3.8, 4) is 6.19 Å². The fourth-order valence-electron chi connectivity index (χ4n) is 1.43. The van der Waals surface area contributed by atoms with Crippen molar-refractivity contribution in [2.45, 2.75) is 19.1 Å². The number of H-pyrrole nitrogens is 1. The lowest BCUT2D eigenvalue weighted by Crippen LogP contribution is -2.35. The molecule has 3 N–H and O–H groups in total. The summed E-state index contributed by atoms with van der Waals surface area (Å²) in [7, 11) is 0.661. The van der Waals surface area contributed by atoms with E-state index in [1.165, 1.54) is 0 Å². The Hall–Kier alpha value is -1.88. The third-order valence-corrected chi connectivity index (χ3v) is 3.81. The van der Waals surface area contributed by atoms with Crippen molar-refractivity contribution < 1.29 is 4.21 Å². The number of aryl methyl sites for hydroxylation is 1. The third-order valence-electron chi connectivity index (χ3n) is 2.47. The van der Waals surface area contributed by atoms with Gasteiger partial charge in [0.1, 0.15) is 0 Å². The van der Waals surface area contributed by atoms with Crippen LogP contribution in [0.5, 0.6) is 0 Å². The highest BCUT2D eigenvalue weighted by atomic mass is 32.2. The van der Waals surface area contributed by atoms with Crippen LogP contribution in [0, 0.1) is 18.4 Å². The van der Waals surface area contributed by atoms with Gasteiger partial charge in [0.15, 0.2) is 6.19 Å². The number of hydrogen-bond donors (Lipinski definition) is 3. The average Bonchev–Trinajstić information content (AvgIpc) is 2.79. The predicted octanol–water partition coefficient (Wildman–Crippen LogP) is 0.00300. The molecular formula is C11H18N6OS. The van der Waals surface area contributed by atoms with E-state index in [2.05, 4.69) is 25.6 Å². The van der Waals surface area contributed by atoms with E-state index in [0.717, 1.165) is 17.8 Å². The van der Waals surface area contributed by atoms with E-state index in [0.29, 0.717) is 24.0 Å². The van der Waals surface area contributed by atoms with E-state index < -0.39 is 10.8 Å². The Labute approximate surface area is 115 Å². The van der Waals surface area contributed by atoms with Crippen LogP contribution in [0.4, 0.5) is 0 Å². The quantitative estimate of drug-likeness (QED) is 0.224. The lowest BCUT2D eigenvalue weighted by molar-refractivity contribution is 0.678. The first-order valence-corrected chi connectivity index (χ1v) is 7.35. The Morgan fingerprint density at radius 3 is 3.05 bits per heavy atom. The van der Waals surface area contributed by atoms with Gasteiger partial charge in [0.05, 0.1) is 17.8 Å². The van der Waals surface area contributed by atoms with Crippen LogP contribution in [0.1, 0.15) is 17.8 Å². The highest BCUT2D eigenvalue weighted by molar-refractivity contribution is 7.84. The number of hydrogen-bond acceptors (Lipinski definition) is 4. The smallest absolute Gasteiger partial charge is 0.204 e. The molecule has 7 nitrogen and oxygen atoms in total. The first-order valence-electron chi connectivity index (χ1n) is 5.87. The van der Waals surface area contributed by atoms with Gasteiger partial charge in [-0.05, 0) is 13.3 Å². The normalized spacial score (nSPS) is 12.8. The summed E-state index contributed by atoms with van der Waals surface area (Å²) in [5.41, 5.74) is 1.82. The number of rotatable bonds is 6. The first kappa shape index (κ1) is 15.2. The second-order valence-corrected chi connectivity index (χ2v) is 5.43. The molecule has 0 fully saturated rings. The predicted molar refractivity (Wildman–Crippen MR) is 74.8 cm³/mol. The fourth-order valence-corrected chi connectivity index (χ4v) is 2.64. The molecule has 0 bridgehead atoms. The number of aromatic nitrogens is 2. The van der Waals surface area contributed by atoms with E-state index in [-0.39, 0.29) is 0 Å². The van der Waals surface area contributed by atoms with Gasteiger partial charge in [0.2, 0.25) is 5.96 Å². The summed E-state index contributed by atoms with van der Waals surface area (Å²) in [5, 5.41) is 13.8. The molecule has 19 heavy (non-hydrogen) atoms. The van der Waals surface area contributed by atoms with Crippen molar-refractivity contribution in [3.05, 3.63) is 17.7 Å². The molecule has 1 unspecified atom stereocenters. The summed E-state index contributed by atoms with van der Waals surface area (Å²) in [6.07, 6.45) is 4.14. The Bertz CT molecular complexity index is 490. The number of aromatic amines is 1. The maximum Gasteiger partial charge on any atom is 0.204 e. The van der Waals surface area contributed by atoms with Crippen molar-refractivity contribution in [2.24, 2.45) is 4.99 Å². The molecular weight excluding hydrogens is 264 g/mol. The van der Waals surface area contributed by atoms with Gasteiger partial charge >= 0.3 is 0 Å². The zero-order valence-electron chi connectivity index (χ0n) is 11.1. The topological polar surface area (TPSA) is 106 Å². The maximum absolute atomic E-state index is 11.8. The first-order chi connectivity index (χ1) is 9.17. The molecule has 0 aliphatic heterocycles. The van der Waals surface area contributed by atoms with Gasteiger partial charge in [0, 0.05) is 35.8 Å². The lowest BCUT2D eigenvalue weighted by Gasteiger charge is -2.06. The van der Waals surface area contributed by atoms with Crippen molar-refractivity contribution in [2.75, 3.05) is 19.3 Å². The van der Waals surface area contributed by atoms with Crippen LogP contribution >= 0.6 is 0 Å². The molecule has 0 aliphatic rings. The molecule has 0 saturated carbocycles. The van der Waals surface area contributed by atoms with Crippen LogP contribution in [-0.4, -0.2) is 39.5 Å². The van der Waals surface area contributed by atoms with Crippen LogP contribution in [-0.2, 0) is 16.6 Å². The molecule has 104 valence electrons. The molecule has 1 atom stereocenters. The van der Waals surface area contributed by atoms with E-state index in [1.54, 1.807) is 19.6 Å². The van der Waals surface area contributed by atoms with Gasteiger partial charge in [0.25, 0.3) is 0 Å². The summed E-state index contributed by atoms with van der Waals surface area (Å²) in [6.45, 7) is 2.53. The SMILES string of the molecule is CN=C(NC#N)NCCCS(=O)Cc1nc[nH]c1C. The van der Waals surface area contributed by atoms with Crippen molar-refractivity contribution in [1.82, 2.24) is 20.6 Å². The lowest BCUT2D eigenvalue weighted by atomic mass is 10.4. The summed E-state index contributed by atoms with van der Waals surface area (Å²) in [5.74, 6) is 1.49. The van der Waals surface area contributed by atoms with Gasteiger partial charge in [-0.3, -0.25) is 14.5 Å². The molecule has 1 aromatic rings. The minimum absolute atomic E-state index is 0.427. The van der Waals surface area contributed by atoms with Gasteiger partial charge in [-0.25, -0.2) is 4.98 Å².